The fourth-order valence-corrected chi connectivity index (χ4v) is 2.94. The maximum atomic E-state index is 12.1. The number of nitrogens with zero attached hydrogens (tertiary/aromatic N) is 3. The third-order valence-electron chi connectivity index (χ3n) is 4.62. The van der Waals surface area contributed by atoms with Gasteiger partial charge in [-0.25, -0.2) is 4.68 Å². The molecule has 1 aliphatic heterocycles. The summed E-state index contributed by atoms with van der Waals surface area (Å²) in [5.41, 5.74) is 0.135. The molecule has 3 rings (SSSR count). The molecule has 1 saturated carbocycles. The van der Waals surface area contributed by atoms with Crippen molar-refractivity contribution in [2.45, 2.75) is 62.7 Å². The van der Waals surface area contributed by atoms with Crippen LogP contribution in [0.2, 0.25) is 0 Å². The monoisotopic (exact) mass is 326 g/mol. The van der Waals surface area contributed by atoms with E-state index in [-0.39, 0.29) is 24.2 Å². The average molecular weight is 326 g/mol. The van der Waals surface area contributed by atoms with Crippen molar-refractivity contribution in [3.63, 3.8) is 0 Å². The highest BCUT2D eigenvalue weighted by Gasteiger charge is 2.44. The van der Waals surface area contributed by atoms with Crippen molar-refractivity contribution < 1.29 is 24.9 Å². The number of rotatable bonds is 4. The number of aromatic nitrogens is 3. The average Bonchev–Trinajstić information content (AvgIpc) is 2.96. The van der Waals surface area contributed by atoms with Crippen LogP contribution in [0.15, 0.2) is 6.20 Å². The molecular formula is C14H22N4O5. The summed E-state index contributed by atoms with van der Waals surface area (Å²) >= 11 is 0. The molecule has 1 aliphatic carbocycles. The number of nitrogens with one attached hydrogen (secondary N) is 1. The Morgan fingerprint density at radius 1 is 1.43 bits per heavy atom. The van der Waals surface area contributed by atoms with Crippen molar-refractivity contribution in [1.29, 1.82) is 0 Å². The molecule has 1 aromatic rings. The van der Waals surface area contributed by atoms with Gasteiger partial charge in [-0.1, -0.05) is 5.21 Å². The van der Waals surface area contributed by atoms with Gasteiger partial charge in [-0.05, 0) is 26.2 Å². The molecule has 23 heavy (non-hydrogen) atoms. The quantitative estimate of drug-likeness (QED) is 0.535. The van der Waals surface area contributed by atoms with Crippen molar-refractivity contribution in [3.8, 4) is 0 Å². The van der Waals surface area contributed by atoms with E-state index in [1.165, 1.54) is 10.9 Å². The number of hydrogen-bond donors (Lipinski definition) is 4. The summed E-state index contributed by atoms with van der Waals surface area (Å²) in [5, 5.41) is 40.4. The van der Waals surface area contributed by atoms with Crippen LogP contribution in [-0.2, 0) is 4.74 Å². The fourth-order valence-electron chi connectivity index (χ4n) is 2.94. The van der Waals surface area contributed by atoms with E-state index in [0.29, 0.717) is 0 Å². The molecule has 1 saturated heterocycles. The first-order valence-corrected chi connectivity index (χ1v) is 7.86. The Hall–Kier alpha value is -1.55. The predicted molar refractivity (Wildman–Crippen MR) is 77.6 cm³/mol. The largest absolute Gasteiger partial charge is 0.394 e. The van der Waals surface area contributed by atoms with Gasteiger partial charge < -0.3 is 25.4 Å². The molecule has 9 heteroatoms. The Balaban J connectivity index is 1.75. The lowest BCUT2D eigenvalue weighted by atomic mass is 9.93. The molecule has 2 aliphatic rings. The minimum Gasteiger partial charge on any atom is -0.394 e. The second-order valence-corrected chi connectivity index (χ2v) is 6.22. The van der Waals surface area contributed by atoms with Crippen LogP contribution in [0, 0.1) is 0 Å². The third kappa shape index (κ3) is 3.09. The van der Waals surface area contributed by atoms with Crippen LogP contribution in [0.5, 0.6) is 0 Å². The molecule has 0 unspecified atom stereocenters. The van der Waals surface area contributed by atoms with E-state index in [4.69, 9.17) is 4.74 Å². The lowest BCUT2D eigenvalue weighted by Crippen LogP contribution is -2.55. The Bertz CT molecular complexity index is 561. The van der Waals surface area contributed by atoms with Crippen molar-refractivity contribution in [1.82, 2.24) is 20.3 Å². The summed E-state index contributed by atoms with van der Waals surface area (Å²) in [4.78, 5) is 12.1. The molecule has 5 atom stereocenters. The topological polar surface area (TPSA) is 130 Å². The van der Waals surface area contributed by atoms with Crippen LogP contribution in [0.3, 0.4) is 0 Å². The van der Waals surface area contributed by atoms with Crippen molar-refractivity contribution in [2.24, 2.45) is 0 Å². The SMILES string of the molecule is C[C@@H]1O[C@H](CO)[C@H](O)[C@H](n2cc(C(=O)NC3CCC3)nn2)[C@H]1O. The highest BCUT2D eigenvalue weighted by Crippen LogP contribution is 2.29. The van der Waals surface area contributed by atoms with E-state index in [1.807, 2.05) is 0 Å². The number of hydrogen-bond acceptors (Lipinski definition) is 7. The normalized spacial score (nSPS) is 34.9. The van der Waals surface area contributed by atoms with Gasteiger partial charge in [0, 0.05) is 6.04 Å². The van der Waals surface area contributed by atoms with E-state index in [2.05, 4.69) is 15.6 Å². The van der Waals surface area contributed by atoms with Crippen LogP contribution < -0.4 is 5.32 Å². The lowest BCUT2D eigenvalue weighted by molar-refractivity contribution is -0.199. The maximum Gasteiger partial charge on any atom is 0.273 e. The molecule has 1 aromatic heterocycles. The summed E-state index contributed by atoms with van der Waals surface area (Å²) in [6.45, 7) is 1.27. The molecule has 0 radical (unpaired) electrons. The number of aliphatic hydroxyl groups excluding tert-OH is 3. The molecule has 1 amide bonds. The van der Waals surface area contributed by atoms with Gasteiger partial charge in [0.2, 0.25) is 0 Å². The Morgan fingerprint density at radius 2 is 2.17 bits per heavy atom. The standard InChI is InChI=1S/C14H22N4O5/c1-7-12(20)11(13(21)10(6-19)23-7)18-5-9(16-17-18)14(22)15-8-3-2-4-8/h5,7-8,10-13,19-21H,2-4,6H2,1H3,(H,15,22)/t7-,10+,11+,12-,13-/m0/s1. The number of carbonyl (C=O) groups is 1. The predicted octanol–water partition coefficient (Wildman–Crippen LogP) is -1.40. The van der Waals surface area contributed by atoms with Crippen LogP contribution in [0.1, 0.15) is 42.7 Å². The molecule has 9 nitrogen and oxygen atoms in total. The van der Waals surface area contributed by atoms with Gasteiger partial charge in [-0.2, -0.15) is 0 Å². The molecule has 0 aromatic carbocycles. The Kier molecular flexibility index (Phi) is 4.62. The van der Waals surface area contributed by atoms with Gasteiger partial charge in [0.15, 0.2) is 5.69 Å². The smallest absolute Gasteiger partial charge is 0.273 e. The molecule has 128 valence electrons. The van der Waals surface area contributed by atoms with Crippen LogP contribution in [0.25, 0.3) is 0 Å². The Labute approximate surface area is 133 Å². The highest BCUT2D eigenvalue weighted by atomic mass is 16.5. The maximum absolute atomic E-state index is 12.1. The van der Waals surface area contributed by atoms with Gasteiger partial charge in [-0.15, -0.1) is 5.10 Å². The van der Waals surface area contributed by atoms with E-state index in [0.717, 1.165) is 19.3 Å². The number of aliphatic hydroxyl groups is 3. The number of ether oxygens (including phenoxy) is 1. The van der Waals surface area contributed by atoms with Gasteiger partial charge in [0.25, 0.3) is 5.91 Å². The zero-order valence-corrected chi connectivity index (χ0v) is 12.9. The van der Waals surface area contributed by atoms with E-state index in [9.17, 15) is 20.1 Å². The minimum atomic E-state index is -1.16. The van der Waals surface area contributed by atoms with E-state index in [1.54, 1.807) is 6.92 Å². The summed E-state index contributed by atoms with van der Waals surface area (Å²) in [5.74, 6) is -0.316. The van der Waals surface area contributed by atoms with Crippen LogP contribution in [-0.4, -0.2) is 73.3 Å². The first-order valence-electron chi connectivity index (χ1n) is 7.86. The van der Waals surface area contributed by atoms with Crippen LogP contribution >= 0.6 is 0 Å². The fraction of sp³-hybridized carbons (Fsp3) is 0.786. The molecular weight excluding hydrogens is 304 g/mol. The van der Waals surface area contributed by atoms with E-state index < -0.39 is 30.5 Å². The van der Waals surface area contributed by atoms with Crippen molar-refractivity contribution in [3.05, 3.63) is 11.9 Å². The summed E-state index contributed by atoms with van der Waals surface area (Å²) in [6, 6.07) is -0.653. The highest BCUT2D eigenvalue weighted by molar-refractivity contribution is 5.92. The van der Waals surface area contributed by atoms with Crippen molar-refractivity contribution in [2.75, 3.05) is 6.61 Å². The second-order valence-electron chi connectivity index (χ2n) is 6.22. The number of carbonyl (C=O) groups excluding carboxylic acids is 1. The van der Waals surface area contributed by atoms with Gasteiger partial charge in [-0.3, -0.25) is 4.79 Å². The third-order valence-corrected chi connectivity index (χ3v) is 4.62. The van der Waals surface area contributed by atoms with Gasteiger partial charge >= 0.3 is 0 Å². The van der Waals surface area contributed by atoms with Crippen LogP contribution in [0.4, 0.5) is 0 Å². The molecule has 4 N–H and O–H groups in total. The molecule has 0 bridgehead atoms. The first-order chi connectivity index (χ1) is 11.0. The van der Waals surface area contributed by atoms with Gasteiger partial charge in [0.1, 0.15) is 24.4 Å². The minimum absolute atomic E-state index is 0.135. The number of amides is 1. The van der Waals surface area contributed by atoms with Crippen molar-refractivity contribution >= 4 is 5.91 Å². The second kappa shape index (κ2) is 6.52. The molecule has 0 spiro atoms. The summed E-state index contributed by atoms with van der Waals surface area (Å²) in [7, 11) is 0. The van der Waals surface area contributed by atoms with Gasteiger partial charge in [0.05, 0.1) is 18.9 Å². The Morgan fingerprint density at radius 3 is 2.78 bits per heavy atom. The zero-order valence-electron chi connectivity index (χ0n) is 12.9. The zero-order chi connectivity index (χ0) is 16.6. The molecule has 2 fully saturated rings. The summed E-state index contributed by atoms with van der Waals surface area (Å²) < 4.78 is 6.62. The molecule has 2 heterocycles. The summed E-state index contributed by atoms with van der Waals surface area (Å²) in [6.07, 6.45) is 0.843. The van der Waals surface area contributed by atoms with E-state index >= 15 is 0 Å². The first kappa shape index (κ1) is 16.3. The lowest BCUT2D eigenvalue weighted by Gasteiger charge is -2.40.